The molecule has 0 aromatic heterocycles. The topological polar surface area (TPSA) is 52.6 Å². The molecule has 0 saturated carbocycles. The van der Waals surface area contributed by atoms with Gasteiger partial charge < -0.3 is 9.47 Å². The van der Waals surface area contributed by atoms with Gasteiger partial charge in [0.05, 0.1) is 6.42 Å². The number of benzene rings is 2. The van der Waals surface area contributed by atoms with Crippen LogP contribution in [-0.2, 0) is 0 Å². The number of carbonyl (C=O) groups excluding carboxylic acids is 2. The van der Waals surface area contributed by atoms with Crippen molar-refractivity contribution in [3.63, 3.8) is 0 Å². The number of rotatable bonds is 10. The summed E-state index contributed by atoms with van der Waals surface area (Å²) < 4.78 is 10.7. The molecule has 4 heteroatoms. The predicted molar refractivity (Wildman–Crippen MR) is 97.5 cm³/mol. The minimum Gasteiger partial charge on any atom is -0.490 e. The van der Waals surface area contributed by atoms with Crippen LogP contribution in [0, 0.1) is 0 Å². The largest absolute Gasteiger partial charge is 0.490 e. The van der Waals surface area contributed by atoms with Crippen LogP contribution in [0.3, 0.4) is 0 Å². The van der Waals surface area contributed by atoms with Crippen LogP contribution in [0.2, 0.25) is 0 Å². The molecular formula is C21H20O4. The Morgan fingerprint density at radius 2 is 1.08 bits per heavy atom. The Morgan fingerprint density at radius 3 is 1.40 bits per heavy atom. The molecule has 0 heterocycles. The highest BCUT2D eigenvalue weighted by Crippen LogP contribution is 2.17. The van der Waals surface area contributed by atoms with Crippen LogP contribution in [0.25, 0.3) is 0 Å². The van der Waals surface area contributed by atoms with Gasteiger partial charge in [-0.3, -0.25) is 9.59 Å². The first-order chi connectivity index (χ1) is 12.1. The summed E-state index contributed by atoms with van der Waals surface area (Å²) in [6.07, 6.45) is 3.11. The Kier molecular flexibility index (Phi) is 6.72. The van der Waals surface area contributed by atoms with Crippen molar-refractivity contribution in [3.8, 4) is 11.5 Å². The molecule has 0 aliphatic carbocycles. The number of carbonyl (C=O) groups is 2. The highest BCUT2D eigenvalue weighted by molar-refractivity contribution is 6.13. The van der Waals surface area contributed by atoms with Gasteiger partial charge in [0.25, 0.3) is 0 Å². The van der Waals surface area contributed by atoms with Crippen LogP contribution in [-0.4, -0.2) is 24.8 Å². The van der Waals surface area contributed by atoms with Crippen molar-refractivity contribution in [3.05, 3.63) is 85.0 Å². The second-order valence-corrected chi connectivity index (χ2v) is 5.27. The number of ether oxygens (including phenoxy) is 2. The van der Waals surface area contributed by atoms with Crippen LogP contribution in [0.15, 0.2) is 73.8 Å². The third-order valence-electron chi connectivity index (χ3n) is 3.41. The smallest absolute Gasteiger partial charge is 0.170 e. The maximum Gasteiger partial charge on any atom is 0.170 e. The van der Waals surface area contributed by atoms with Gasteiger partial charge in [-0.25, -0.2) is 0 Å². The fourth-order valence-corrected chi connectivity index (χ4v) is 2.13. The van der Waals surface area contributed by atoms with Crippen LogP contribution < -0.4 is 9.47 Å². The lowest BCUT2D eigenvalue weighted by Crippen LogP contribution is -2.08. The Labute approximate surface area is 147 Å². The molecule has 0 aliphatic heterocycles. The fourth-order valence-electron chi connectivity index (χ4n) is 2.13. The van der Waals surface area contributed by atoms with E-state index in [0.717, 1.165) is 0 Å². The van der Waals surface area contributed by atoms with Crippen molar-refractivity contribution in [2.45, 2.75) is 6.42 Å². The van der Waals surface area contributed by atoms with E-state index in [1.165, 1.54) is 0 Å². The highest BCUT2D eigenvalue weighted by Gasteiger charge is 2.14. The third kappa shape index (κ3) is 5.46. The van der Waals surface area contributed by atoms with E-state index in [1.54, 1.807) is 60.7 Å². The normalized spacial score (nSPS) is 9.92. The predicted octanol–water partition coefficient (Wildman–Crippen LogP) is 4.27. The molecule has 0 atom stereocenters. The number of Topliss-reactive ketones (excluding diaryl/α,β-unsaturated/α-hetero) is 2. The lowest BCUT2D eigenvalue weighted by molar-refractivity contribution is 0.0894. The summed E-state index contributed by atoms with van der Waals surface area (Å²) in [7, 11) is 0. The molecule has 0 N–H and O–H groups in total. The van der Waals surface area contributed by atoms with Gasteiger partial charge in [-0.2, -0.15) is 0 Å². The highest BCUT2D eigenvalue weighted by atomic mass is 16.5. The molecule has 2 aromatic carbocycles. The zero-order valence-corrected chi connectivity index (χ0v) is 13.9. The van der Waals surface area contributed by atoms with Gasteiger partial charge in [-0.15, -0.1) is 0 Å². The molecule has 2 rings (SSSR count). The van der Waals surface area contributed by atoms with Crippen LogP contribution in [0.5, 0.6) is 11.5 Å². The molecule has 0 bridgehead atoms. The van der Waals surface area contributed by atoms with E-state index in [-0.39, 0.29) is 18.0 Å². The average Bonchev–Trinajstić information content (AvgIpc) is 2.65. The molecule has 0 fully saturated rings. The molecule has 0 radical (unpaired) electrons. The summed E-state index contributed by atoms with van der Waals surface area (Å²) in [5.41, 5.74) is 0.954. The van der Waals surface area contributed by atoms with E-state index >= 15 is 0 Å². The minimum atomic E-state index is -0.229. The molecule has 4 nitrogen and oxygen atoms in total. The van der Waals surface area contributed by atoms with Gasteiger partial charge in [0, 0.05) is 11.1 Å². The Morgan fingerprint density at radius 1 is 0.720 bits per heavy atom. The molecular weight excluding hydrogens is 316 g/mol. The molecule has 0 aliphatic rings. The fraction of sp³-hybridized carbons (Fsp3) is 0.143. The number of hydrogen-bond donors (Lipinski definition) is 0. The summed E-state index contributed by atoms with van der Waals surface area (Å²) in [6.45, 7) is 7.95. The van der Waals surface area contributed by atoms with Crippen molar-refractivity contribution in [1.29, 1.82) is 0 Å². The van der Waals surface area contributed by atoms with Crippen LogP contribution in [0.4, 0.5) is 0 Å². The lowest BCUT2D eigenvalue weighted by atomic mass is 10.0. The Balaban J connectivity index is 1.96. The molecule has 0 spiro atoms. The van der Waals surface area contributed by atoms with Crippen molar-refractivity contribution in [1.82, 2.24) is 0 Å². The van der Waals surface area contributed by atoms with E-state index in [2.05, 4.69) is 13.2 Å². The third-order valence-corrected chi connectivity index (χ3v) is 3.41. The van der Waals surface area contributed by atoms with E-state index < -0.39 is 0 Å². The summed E-state index contributed by atoms with van der Waals surface area (Å²) in [4.78, 5) is 24.5. The second-order valence-electron chi connectivity index (χ2n) is 5.27. The maximum absolute atomic E-state index is 12.2. The second kappa shape index (κ2) is 9.23. The van der Waals surface area contributed by atoms with Crippen molar-refractivity contribution >= 4 is 11.6 Å². The first-order valence-corrected chi connectivity index (χ1v) is 7.88. The molecule has 25 heavy (non-hydrogen) atoms. The van der Waals surface area contributed by atoms with E-state index in [1.807, 2.05) is 0 Å². The molecule has 2 aromatic rings. The monoisotopic (exact) mass is 336 g/mol. The van der Waals surface area contributed by atoms with Gasteiger partial charge >= 0.3 is 0 Å². The average molecular weight is 336 g/mol. The number of hydrogen-bond acceptors (Lipinski definition) is 4. The zero-order chi connectivity index (χ0) is 18.1. The summed E-state index contributed by atoms with van der Waals surface area (Å²) in [6, 6.07) is 13.4. The first kappa shape index (κ1) is 18.2. The number of ketones is 2. The SMILES string of the molecule is C=CCOc1ccc(C(=O)CC(=O)c2ccc(OCC=C)cc2)cc1. The van der Waals surface area contributed by atoms with E-state index in [0.29, 0.717) is 35.8 Å². The quantitative estimate of drug-likeness (QED) is 0.369. The van der Waals surface area contributed by atoms with Crippen molar-refractivity contribution < 1.29 is 19.1 Å². The van der Waals surface area contributed by atoms with Crippen LogP contribution in [0.1, 0.15) is 27.1 Å². The van der Waals surface area contributed by atoms with Crippen molar-refractivity contribution in [2.24, 2.45) is 0 Å². The van der Waals surface area contributed by atoms with Crippen molar-refractivity contribution in [2.75, 3.05) is 13.2 Å². The Bertz CT molecular complexity index is 677. The van der Waals surface area contributed by atoms with Gasteiger partial charge in [0.2, 0.25) is 0 Å². The standard InChI is InChI=1S/C21H20O4/c1-3-13-24-18-9-5-16(6-10-18)20(22)15-21(23)17-7-11-19(12-8-17)25-14-4-2/h3-12H,1-2,13-15H2. The van der Waals surface area contributed by atoms with Gasteiger partial charge in [-0.1, -0.05) is 25.3 Å². The van der Waals surface area contributed by atoms with Gasteiger partial charge in [0.1, 0.15) is 24.7 Å². The summed E-state index contributed by atoms with van der Waals surface area (Å²) in [5.74, 6) is 0.843. The molecule has 0 saturated heterocycles. The Hall–Kier alpha value is -3.14. The molecule has 0 amide bonds. The lowest BCUT2D eigenvalue weighted by Gasteiger charge is -2.06. The van der Waals surface area contributed by atoms with E-state index in [9.17, 15) is 9.59 Å². The van der Waals surface area contributed by atoms with Crippen LogP contribution >= 0.6 is 0 Å². The maximum atomic E-state index is 12.2. The molecule has 0 unspecified atom stereocenters. The summed E-state index contributed by atoms with van der Waals surface area (Å²) in [5, 5.41) is 0. The zero-order valence-electron chi connectivity index (χ0n) is 13.9. The minimum absolute atomic E-state index is 0.181. The van der Waals surface area contributed by atoms with Gasteiger partial charge in [0.15, 0.2) is 11.6 Å². The van der Waals surface area contributed by atoms with E-state index in [4.69, 9.17) is 9.47 Å². The summed E-state index contributed by atoms with van der Waals surface area (Å²) >= 11 is 0. The first-order valence-electron chi connectivity index (χ1n) is 7.88. The molecule has 128 valence electrons. The van der Waals surface area contributed by atoms with Gasteiger partial charge in [-0.05, 0) is 48.5 Å².